The molecule has 4 rings (SSSR count). The van der Waals surface area contributed by atoms with E-state index in [9.17, 15) is 9.59 Å². The van der Waals surface area contributed by atoms with E-state index in [-0.39, 0.29) is 18.2 Å². The van der Waals surface area contributed by atoms with Crippen molar-refractivity contribution in [1.29, 1.82) is 0 Å². The molecule has 2 amide bonds. The van der Waals surface area contributed by atoms with Crippen LogP contribution >= 0.6 is 0 Å². The Labute approximate surface area is 169 Å². The molecule has 0 saturated carbocycles. The number of carbonyl (C=O) groups is 2. The molecule has 7 nitrogen and oxygen atoms in total. The van der Waals surface area contributed by atoms with Crippen LogP contribution in [0.4, 0.5) is 11.6 Å². The molecule has 0 spiro atoms. The molecule has 7 heteroatoms. The lowest BCUT2D eigenvalue weighted by Crippen LogP contribution is -2.23. The van der Waals surface area contributed by atoms with E-state index in [1.165, 1.54) is 10.2 Å². The van der Waals surface area contributed by atoms with Crippen molar-refractivity contribution >= 4 is 23.5 Å². The van der Waals surface area contributed by atoms with Crippen LogP contribution in [0.25, 0.3) is 11.4 Å². The predicted molar refractivity (Wildman–Crippen MR) is 112 cm³/mol. The van der Waals surface area contributed by atoms with Gasteiger partial charge in [0.15, 0.2) is 5.82 Å². The Hall–Kier alpha value is -3.48. The summed E-state index contributed by atoms with van der Waals surface area (Å²) in [4.78, 5) is 29.2. The number of rotatable bonds is 5. The molecule has 1 atom stereocenters. The number of hydrogen-bond donors (Lipinski definition) is 2. The zero-order valence-electron chi connectivity index (χ0n) is 16.6. The molecule has 0 radical (unpaired) electrons. The van der Waals surface area contributed by atoms with Crippen LogP contribution < -0.4 is 10.6 Å². The van der Waals surface area contributed by atoms with E-state index >= 15 is 0 Å². The molecule has 2 aromatic carbocycles. The van der Waals surface area contributed by atoms with Gasteiger partial charge in [-0.3, -0.25) is 14.9 Å². The quantitative estimate of drug-likeness (QED) is 0.693. The van der Waals surface area contributed by atoms with Gasteiger partial charge in [0.1, 0.15) is 6.04 Å². The third-order valence-corrected chi connectivity index (χ3v) is 5.01. The van der Waals surface area contributed by atoms with Gasteiger partial charge in [0, 0.05) is 11.3 Å². The minimum absolute atomic E-state index is 0.0124. The monoisotopic (exact) mass is 389 g/mol. The number of carbonyl (C=O) groups excluding carboxylic acids is 2. The molecule has 3 aromatic rings. The van der Waals surface area contributed by atoms with Crippen molar-refractivity contribution in [2.24, 2.45) is 0 Å². The first-order valence-corrected chi connectivity index (χ1v) is 9.65. The van der Waals surface area contributed by atoms with E-state index in [2.05, 4.69) is 34.6 Å². The number of nitrogens with one attached hydrogen (secondary N) is 2. The lowest BCUT2D eigenvalue weighted by atomic mass is 10.0. The molecule has 29 heavy (non-hydrogen) atoms. The van der Waals surface area contributed by atoms with Crippen LogP contribution in [0.5, 0.6) is 0 Å². The average molecular weight is 389 g/mol. The third-order valence-electron chi connectivity index (χ3n) is 5.01. The molecule has 1 aromatic heterocycles. The van der Waals surface area contributed by atoms with Gasteiger partial charge >= 0.3 is 0 Å². The number of aryl methyl sites for hydroxylation is 1. The maximum absolute atomic E-state index is 12.5. The van der Waals surface area contributed by atoms with Crippen LogP contribution in [-0.4, -0.2) is 26.6 Å². The summed E-state index contributed by atoms with van der Waals surface area (Å²) >= 11 is 0. The lowest BCUT2D eigenvalue weighted by Gasteiger charge is -2.11. The van der Waals surface area contributed by atoms with E-state index in [1.807, 2.05) is 55.5 Å². The summed E-state index contributed by atoms with van der Waals surface area (Å²) in [5, 5.41) is 10.0. The molecule has 0 bridgehead atoms. The number of benzene rings is 2. The molecule has 0 aliphatic carbocycles. The van der Waals surface area contributed by atoms with E-state index in [1.54, 1.807) is 0 Å². The Morgan fingerprint density at radius 1 is 1.14 bits per heavy atom. The Kier molecular flexibility index (Phi) is 4.88. The lowest BCUT2D eigenvalue weighted by molar-refractivity contribution is -0.123. The minimum atomic E-state index is -0.716. The highest BCUT2D eigenvalue weighted by molar-refractivity contribution is 6.01. The van der Waals surface area contributed by atoms with Crippen molar-refractivity contribution in [3.63, 3.8) is 0 Å². The summed E-state index contributed by atoms with van der Waals surface area (Å²) in [5.41, 5.74) is 3.91. The number of amides is 2. The second-order valence-electron chi connectivity index (χ2n) is 7.60. The number of fused-ring (bicyclic) bond motifs is 1. The first-order chi connectivity index (χ1) is 13.9. The normalized spacial score (nSPS) is 15.3. The van der Waals surface area contributed by atoms with Gasteiger partial charge in [0.05, 0.1) is 6.42 Å². The summed E-state index contributed by atoms with van der Waals surface area (Å²) in [7, 11) is 0. The molecular weight excluding hydrogens is 366 g/mol. The first-order valence-electron chi connectivity index (χ1n) is 9.65. The van der Waals surface area contributed by atoms with Crippen molar-refractivity contribution in [2.75, 3.05) is 10.6 Å². The highest BCUT2D eigenvalue weighted by Gasteiger charge is 2.35. The molecule has 1 unspecified atom stereocenters. The number of nitrogens with zero attached hydrogens (tertiary/aromatic N) is 3. The standard InChI is InChI=1S/C22H23N5O2/c1-13(2)15-8-10-17(11-9-15)23-19(28)12-18-21(29)25-22-24-20(26-27(18)22)16-6-4-14(3)5-7-16/h4-11,13,18H,12H2,1-3H3,(H,23,28)(H,24,25,26,29). The Morgan fingerprint density at radius 3 is 2.48 bits per heavy atom. The summed E-state index contributed by atoms with van der Waals surface area (Å²) < 4.78 is 1.50. The van der Waals surface area contributed by atoms with Gasteiger partial charge in [-0.15, -0.1) is 5.10 Å². The fourth-order valence-electron chi connectivity index (χ4n) is 3.27. The van der Waals surface area contributed by atoms with Gasteiger partial charge in [-0.2, -0.15) is 4.98 Å². The van der Waals surface area contributed by atoms with Crippen LogP contribution in [0.15, 0.2) is 48.5 Å². The summed E-state index contributed by atoms with van der Waals surface area (Å²) in [6, 6.07) is 14.8. The zero-order chi connectivity index (χ0) is 20.5. The van der Waals surface area contributed by atoms with Crippen LogP contribution in [0, 0.1) is 6.92 Å². The maximum Gasteiger partial charge on any atom is 0.252 e. The Bertz CT molecular complexity index is 1050. The second kappa shape index (κ2) is 7.50. The summed E-state index contributed by atoms with van der Waals surface area (Å²) in [6.45, 7) is 6.25. The van der Waals surface area contributed by atoms with E-state index < -0.39 is 6.04 Å². The van der Waals surface area contributed by atoms with E-state index in [0.29, 0.717) is 23.4 Å². The highest BCUT2D eigenvalue weighted by Crippen LogP contribution is 2.28. The Balaban J connectivity index is 1.47. The number of aromatic nitrogens is 3. The third kappa shape index (κ3) is 3.89. The fourth-order valence-corrected chi connectivity index (χ4v) is 3.27. The van der Waals surface area contributed by atoms with Gasteiger partial charge in [-0.1, -0.05) is 55.8 Å². The summed E-state index contributed by atoms with van der Waals surface area (Å²) in [6.07, 6.45) is -0.0124. The van der Waals surface area contributed by atoms with Gasteiger partial charge in [0.2, 0.25) is 11.9 Å². The van der Waals surface area contributed by atoms with Crippen molar-refractivity contribution in [3.05, 3.63) is 59.7 Å². The first kappa shape index (κ1) is 18.9. The molecule has 148 valence electrons. The molecule has 1 aliphatic rings. The maximum atomic E-state index is 12.5. The molecule has 2 N–H and O–H groups in total. The fraction of sp³-hybridized carbons (Fsp3) is 0.273. The predicted octanol–water partition coefficient (Wildman–Crippen LogP) is 3.90. The molecule has 0 fully saturated rings. The molecular formula is C22H23N5O2. The number of hydrogen-bond acceptors (Lipinski definition) is 4. The Morgan fingerprint density at radius 2 is 1.83 bits per heavy atom. The zero-order valence-corrected chi connectivity index (χ0v) is 16.6. The van der Waals surface area contributed by atoms with Crippen LogP contribution in [0.3, 0.4) is 0 Å². The van der Waals surface area contributed by atoms with Gasteiger partial charge in [-0.25, -0.2) is 4.68 Å². The van der Waals surface area contributed by atoms with Crippen LogP contribution in [-0.2, 0) is 9.59 Å². The smallest absolute Gasteiger partial charge is 0.252 e. The van der Waals surface area contributed by atoms with Crippen molar-refractivity contribution < 1.29 is 9.59 Å². The average Bonchev–Trinajstić information content (AvgIpc) is 3.21. The molecule has 0 saturated heterocycles. The van der Waals surface area contributed by atoms with E-state index in [0.717, 1.165) is 11.1 Å². The van der Waals surface area contributed by atoms with Gasteiger partial charge in [-0.05, 0) is 30.5 Å². The topological polar surface area (TPSA) is 88.9 Å². The minimum Gasteiger partial charge on any atom is -0.326 e. The van der Waals surface area contributed by atoms with E-state index in [4.69, 9.17) is 0 Å². The SMILES string of the molecule is Cc1ccc(-c2nc3n(n2)C(CC(=O)Nc2ccc(C(C)C)cc2)C(=O)N3)cc1. The van der Waals surface area contributed by atoms with Crippen LogP contribution in [0.2, 0.25) is 0 Å². The van der Waals surface area contributed by atoms with Crippen molar-refractivity contribution in [3.8, 4) is 11.4 Å². The van der Waals surface area contributed by atoms with Crippen molar-refractivity contribution in [2.45, 2.75) is 39.2 Å². The summed E-state index contributed by atoms with van der Waals surface area (Å²) in [5.74, 6) is 0.790. The van der Waals surface area contributed by atoms with Crippen molar-refractivity contribution in [1.82, 2.24) is 14.8 Å². The largest absolute Gasteiger partial charge is 0.326 e. The molecule has 1 aliphatic heterocycles. The molecule has 2 heterocycles. The number of anilines is 2. The van der Waals surface area contributed by atoms with Gasteiger partial charge in [0.25, 0.3) is 5.91 Å². The van der Waals surface area contributed by atoms with Gasteiger partial charge < -0.3 is 5.32 Å². The highest BCUT2D eigenvalue weighted by atomic mass is 16.2. The van der Waals surface area contributed by atoms with Crippen LogP contribution in [0.1, 0.15) is 43.4 Å². The second-order valence-corrected chi connectivity index (χ2v) is 7.60.